The molecule has 4 amide bonds. The molecule has 1 saturated carbocycles. The first-order valence-corrected chi connectivity index (χ1v) is 13.4. The van der Waals surface area contributed by atoms with Gasteiger partial charge in [0.25, 0.3) is 5.56 Å². The first-order chi connectivity index (χ1) is 19.0. The second kappa shape index (κ2) is 10.8. The summed E-state index contributed by atoms with van der Waals surface area (Å²) in [6.07, 6.45) is -3.09. The van der Waals surface area contributed by atoms with E-state index in [4.69, 9.17) is 5.73 Å². The van der Waals surface area contributed by atoms with Crippen molar-refractivity contribution in [3.05, 3.63) is 46.2 Å². The van der Waals surface area contributed by atoms with Gasteiger partial charge in [-0.05, 0) is 41.7 Å². The first-order valence-electron chi connectivity index (χ1n) is 13.4. The zero-order chi connectivity index (χ0) is 30.4. The van der Waals surface area contributed by atoms with Gasteiger partial charge in [-0.1, -0.05) is 45.4 Å². The van der Waals surface area contributed by atoms with E-state index in [0.29, 0.717) is 23.7 Å². The minimum atomic E-state index is -5.20. The fraction of sp³-hybridized carbons (Fsp3) is 0.536. The smallest absolute Gasteiger partial charge is 0.368 e. The predicted molar refractivity (Wildman–Crippen MR) is 143 cm³/mol. The number of para-hydroxylation sites is 1. The predicted octanol–water partition coefficient (Wildman–Crippen LogP) is 1.90. The van der Waals surface area contributed by atoms with Gasteiger partial charge in [-0.15, -0.1) is 0 Å². The molecule has 1 saturated heterocycles. The van der Waals surface area contributed by atoms with E-state index in [0.717, 1.165) is 6.42 Å². The van der Waals surface area contributed by atoms with Crippen molar-refractivity contribution in [2.24, 2.45) is 30.0 Å². The van der Waals surface area contributed by atoms with Gasteiger partial charge in [0.1, 0.15) is 18.1 Å². The number of nitrogens with zero attached hydrogens (tertiary/aromatic N) is 2. The van der Waals surface area contributed by atoms with E-state index in [1.807, 2.05) is 5.32 Å². The molecule has 1 aromatic heterocycles. The van der Waals surface area contributed by atoms with Gasteiger partial charge >= 0.3 is 12.1 Å². The highest BCUT2D eigenvalue weighted by Gasteiger charge is 2.53. The molecule has 2 unspecified atom stereocenters. The maximum Gasteiger partial charge on any atom is 0.471 e. The summed E-state index contributed by atoms with van der Waals surface area (Å²) < 4.78 is 40.7. The van der Waals surface area contributed by atoms with Gasteiger partial charge in [0.2, 0.25) is 17.7 Å². The van der Waals surface area contributed by atoms with Crippen LogP contribution in [0.5, 0.6) is 0 Å². The minimum absolute atomic E-state index is 0.0782. The Hall–Kier alpha value is -3.90. The fourth-order valence-electron chi connectivity index (χ4n) is 6.10. The molecule has 13 heteroatoms. The third kappa shape index (κ3) is 5.80. The monoisotopic (exact) mass is 577 g/mol. The third-order valence-electron chi connectivity index (χ3n) is 8.16. The van der Waals surface area contributed by atoms with Crippen molar-refractivity contribution in [2.75, 3.05) is 6.54 Å². The van der Waals surface area contributed by atoms with Crippen LogP contribution in [-0.4, -0.2) is 57.9 Å². The quantitative estimate of drug-likeness (QED) is 0.481. The molecular formula is C28H34F3N5O5. The number of aryl methyl sites for hydroxylation is 1. The average Bonchev–Trinajstić information content (AvgIpc) is 3.47. The number of alkyl halides is 3. The van der Waals surface area contributed by atoms with Gasteiger partial charge in [-0.25, -0.2) is 0 Å². The molecule has 1 aliphatic carbocycles. The van der Waals surface area contributed by atoms with Gasteiger partial charge in [0, 0.05) is 25.0 Å². The molecule has 222 valence electrons. The Morgan fingerprint density at radius 2 is 1.71 bits per heavy atom. The number of hydrogen-bond donors (Lipinski definition) is 3. The number of nitrogens with two attached hydrogens (primary N) is 1. The van der Waals surface area contributed by atoms with Crippen LogP contribution in [0.4, 0.5) is 13.2 Å². The van der Waals surface area contributed by atoms with Gasteiger partial charge in [0.05, 0.1) is 5.52 Å². The van der Waals surface area contributed by atoms with Crippen molar-refractivity contribution in [3.8, 4) is 0 Å². The number of carbonyl (C=O) groups excluding carboxylic acids is 4. The highest BCUT2D eigenvalue weighted by Crippen LogP contribution is 2.43. The number of pyridine rings is 1. The molecule has 2 aromatic rings. The van der Waals surface area contributed by atoms with Crippen LogP contribution >= 0.6 is 0 Å². The number of amides is 4. The molecule has 2 fully saturated rings. The van der Waals surface area contributed by atoms with Crippen LogP contribution < -0.4 is 21.9 Å². The molecule has 5 atom stereocenters. The van der Waals surface area contributed by atoms with Crippen molar-refractivity contribution < 1.29 is 32.3 Å². The van der Waals surface area contributed by atoms with E-state index in [1.165, 1.54) is 36.3 Å². The van der Waals surface area contributed by atoms with E-state index < -0.39 is 58.9 Å². The Bertz CT molecular complexity index is 1450. The third-order valence-corrected chi connectivity index (χ3v) is 8.16. The summed E-state index contributed by atoms with van der Waals surface area (Å²) in [7, 11) is 1.57. The second-order valence-corrected chi connectivity index (χ2v) is 11.9. The second-order valence-electron chi connectivity index (χ2n) is 11.9. The molecule has 1 aromatic carbocycles. The van der Waals surface area contributed by atoms with Crippen LogP contribution in [0.25, 0.3) is 10.9 Å². The van der Waals surface area contributed by atoms with E-state index in [-0.39, 0.29) is 23.9 Å². The Labute approximate surface area is 234 Å². The highest BCUT2D eigenvalue weighted by molar-refractivity contribution is 5.97. The number of halogens is 3. The summed E-state index contributed by atoms with van der Waals surface area (Å²) in [5.41, 5.74) is 4.85. The summed E-state index contributed by atoms with van der Waals surface area (Å²) in [4.78, 5) is 66.0. The van der Waals surface area contributed by atoms with Crippen LogP contribution in [0.15, 0.2) is 35.1 Å². The molecule has 1 aliphatic heterocycles. The lowest BCUT2D eigenvalue weighted by Crippen LogP contribution is -2.60. The Balaban J connectivity index is 1.70. The number of benzene rings is 1. The molecule has 41 heavy (non-hydrogen) atoms. The molecule has 4 N–H and O–H groups in total. The van der Waals surface area contributed by atoms with Crippen molar-refractivity contribution >= 4 is 34.5 Å². The molecule has 10 nitrogen and oxygen atoms in total. The molecule has 2 aliphatic rings. The molecular weight excluding hydrogens is 543 g/mol. The number of nitrogens with one attached hydrogen (secondary N) is 2. The highest BCUT2D eigenvalue weighted by atomic mass is 19.4. The van der Waals surface area contributed by atoms with Crippen molar-refractivity contribution in [1.82, 2.24) is 20.1 Å². The lowest BCUT2D eigenvalue weighted by atomic mass is 9.85. The average molecular weight is 578 g/mol. The van der Waals surface area contributed by atoms with E-state index in [9.17, 15) is 37.1 Å². The van der Waals surface area contributed by atoms with Crippen LogP contribution in [-0.2, 0) is 26.2 Å². The van der Waals surface area contributed by atoms with Crippen LogP contribution in [0.1, 0.15) is 51.6 Å². The number of aromatic nitrogens is 1. The lowest BCUT2D eigenvalue weighted by molar-refractivity contribution is -0.176. The Morgan fingerprint density at radius 3 is 2.32 bits per heavy atom. The van der Waals surface area contributed by atoms with Crippen molar-refractivity contribution in [2.45, 2.75) is 64.3 Å². The Kier molecular flexibility index (Phi) is 7.94. The normalized spacial score (nSPS) is 22.2. The molecule has 0 bridgehead atoms. The lowest BCUT2D eigenvalue weighted by Gasteiger charge is -2.36. The van der Waals surface area contributed by atoms with E-state index in [2.05, 4.69) is 5.32 Å². The zero-order valence-electron chi connectivity index (χ0n) is 23.2. The van der Waals surface area contributed by atoms with E-state index >= 15 is 0 Å². The Morgan fingerprint density at radius 1 is 1.05 bits per heavy atom. The maximum atomic E-state index is 13.9. The van der Waals surface area contributed by atoms with Crippen LogP contribution in [0.3, 0.4) is 0 Å². The molecule has 2 heterocycles. The number of hydrogen-bond acceptors (Lipinski definition) is 5. The van der Waals surface area contributed by atoms with Gasteiger partial charge in [-0.3, -0.25) is 24.0 Å². The van der Waals surface area contributed by atoms with Crippen LogP contribution in [0.2, 0.25) is 0 Å². The molecule has 0 spiro atoms. The number of rotatable bonds is 6. The largest absolute Gasteiger partial charge is 0.471 e. The summed E-state index contributed by atoms with van der Waals surface area (Å²) in [6.45, 7) is 4.67. The first kappa shape index (κ1) is 30.1. The maximum absolute atomic E-state index is 13.9. The number of primary amides is 1. The van der Waals surface area contributed by atoms with Gasteiger partial charge in [0.15, 0.2) is 0 Å². The summed E-state index contributed by atoms with van der Waals surface area (Å²) in [6, 6.07) is 3.91. The van der Waals surface area contributed by atoms with Gasteiger partial charge in [-0.2, -0.15) is 13.2 Å². The zero-order valence-corrected chi connectivity index (χ0v) is 23.2. The topological polar surface area (TPSA) is 144 Å². The SMILES string of the molecule is Cn1c(=O)cc(C(NC(=O)[C@@H]2[C@H]3CCC[C@H]3CN2C(=O)C(NC(=O)C(F)(F)F)C(C)(C)C)C(N)=O)c2ccccc21. The molecule has 0 radical (unpaired) electrons. The summed E-state index contributed by atoms with van der Waals surface area (Å²) >= 11 is 0. The van der Waals surface area contributed by atoms with Crippen molar-refractivity contribution in [1.29, 1.82) is 0 Å². The fourth-order valence-corrected chi connectivity index (χ4v) is 6.10. The number of fused-ring (bicyclic) bond motifs is 2. The number of carbonyl (C=O) groups is 4. The summed E-state index contributed by atoms with van der Waals surface area (Å²) in [5.74, 6) is -5.09. The summed E-state index contributed by atoms with van der Waals surface area (Å²) in [5, 5.41) is 4.96. The van der Waals surface area contributed by atoms with E-state index in [1.54, 1.807) is 31.3 Å². The minimum Gasteiger partial charge on any atom is -0.368 e. The van der Waals surface area contributed by atoms with Gasteiger partial charge < -0.3 is 25.8 Å². The van der Waals surface area contributed by atoms with Crippen molar-refractivity contribution in [3.63, 3.8) is 0 Å². The molecule has 4 rings (SSSR count). The number of likely N-dealkylation sites (tertiary alicyclic amines) is 1. The standard InChI is InChI=1S/C28H34F3N5O5/c1-27(2,3)22(34-26(41)28(29,30)31)25(40)36-13-14-8-7-10-15(14)21(36)24(39)33-20(23(32)38)17-12-19(37)35(4)18-11-6-5-9-16(17)18/h5-6,9,11-12,14-15,20-22H,7-8,10,13H2,1-4H3,(H2,32,38)(H,33,39)(H,34,41)/t14-,15-,20?,21-,22?/m0/s1. The van der Waals surface area contributed by atoms with Crippen LogP contribution in [0, 0.1) is 17.3 Å².